The second-order valence-corrected chi connectivity index (χ2v) is 7.74. The first kappa shape index (κ1) is 18.7. The van der Waals surface area contributed by atoms with Crippen LogP contribution in [-0.2, 0) is 13.1 Å². The van der Waals surface area contributed by atoms with E-state index < -0.39 is 0 Å². The van der Waals surface area contributed by atoms with Crippen molar-refractivity contribution in [2.24, 2.45) is 0 Å². The minimum Gasteiger partial charge on any atom is -0.392 e. The van der Waals surface area contributed by atoms with Crippen LogP contribution in [-0.4, -0.2) is 45.1 Å². The van der Waals surface area contributed by atoms with Crippen LogP contribution < -0.4 is 9.72 Å². The fourth-order valence-corrected chi connectivity index (χ4v) is 4.18. The van der Waals surface area contributed by atoms with Crippen molar-refractivity contribution in [3.63, 3.8) is 0 Å². The summed E-state index contributed by atoms with van der Waals surface area (Å²) in [6, 6.07) is 15.8. The molecule has 0 aliphatic carbocycles. The highest BCUT2D eigenvalue weighted by molar-refractivity contribution is 5.98. The summed E-state index contributed by atoms with van der Waals surface area (Å²) in [5, 5.41) is 15.0. The molecule has 0 radical (unpaired) electrons. The van der Waals surface area contributed by atoms with Crippen LogP contribution in [0.25, 0.3) is 16.3 Å². The van der Waals surface area contributed by atoms with Crippen molar-refractivity contribution in [2.75, 3.05) is 13.1 Å². The molecule has 1 atom stereocenters. The molecule has 1 fully saturated rings. The van der Waals surface area contributed by atoms with Crippen LogP contribution in [0.2, 0.25) is 0 Å². The molecule has 1 saturated heterocycles. The molecule has 0 bridgehead atoms. The lowest BCUT2D eigenvalue weighted by Gasteiger charge is -2.10. The van der Waals surface area contributed by atoms with E-state index in [2.05, 4.69) is 20.2 Å². The number of nitrogens with zero attached hydrogens (tertiary/aromatic N) is 3. The average molecular weight is 402 g/mol. The van der Waals surface area contributed by atoms with Gasteiger partial charge < -0.3 is 10.4 Å². The number of imidazole rings is 1. The summed E-state index contributed by atoms with van der Waals surface area (Å²) in [4.78, 5) is 23.0. The number of nitrogens with one attached hydrogen (secondary N) is 2. The molecule has 1 aliphatic heterocycles. The van der Waals surface area contributed by atoms with Crippen LogP contribution in [0.3, 0.4) is 0 Å². The molecule has 1 aliphatic rings. The Hall–Kier alpha value is -3.29. The predicted octanol–water partition coefficient (Wildman–Crippen LogP) is 1.80. The molecule has 7 nitrogen and oxygen atoms in total. The van der Waals surface area contributed by atoms with E-state index in [0.29, 0.717) is 25.3 Å². The number of β-amino-alcohol motifs (C(OH)–C–C–N with tert-alkyl or cyclic N) is 1. The largest absolute Gasteiger partial charge is 0.392 e. The van der Waals surface area contributed by atoms with Crippen molar-refractivity contribution in [2.45, 2.75) is 25.6 Å². The maximum absolute atomic E-state index is 13.0. The zero-order valence-corrected chi connectivity index (χ0v) is 16.6. The molecule has 1 aromatic carbocycles. The number of likely N-dealkylation sites (tertiary alicyclic amines) is 1. The SMILES string of the molecule is O=C(NCc1nccc2ccccc12)c1[nH]c(CN2CCC(O)C2)[n+]2ccccc12. The van der Waals surface area contributed by atoms with Gasteiger partial charge in [-0.15, -0.1) is 0 Å². The van der Waals surface area contributed by atoms with E-state index in [1.807, 2.05) is 59.1 Å². The molecule has 4 heterocycles. The van der Waals surface area contributed by atoms with Gasteiger partial charge in [0, 0.05) is 24.7 Å². The zero-order valence-electron chi connectivity index (χ0n) is 16.6. The molecule has 152 valence electrons. The Morgan fingerprint density at radius 3 is 2.97 bits per heavy atom. The minimum atomic E-state index is -0.271. The van der Waals surface area contributed by atoms with Crippen molar-refractivity contribution in [3.8, 4) is 0 Å². The quantitative estimate of drug-likeness (QED) is 0.445. The molecule has 4 aromatic rings. The number of carbonyl (C=O) groups excluding carboxylic acids is 1. The van der Waals surface area contributed by atoms with Gasteiger partial charge in [0.15, 0.2) is 5.52 Å². The van der Waals surface area contributed by atoms with Gasteiger partial charge in [-0.05, 0) is 30.0 Å². The number of aliphatic hydroxyl groups excluding tert-OH is 1. The summed E-state index contributed by atoms with van der Waals surface area (Å²) < 4.78 is 2.01. The normalized spacial score (nSPS) is 17.0. The molecular formula is C23H24N5O2+. The van der Waals surface area contributed by atoms with Gasteiger partial charge >= 0.3 is 0 Å². The van der Waals surface area contributed by atoms with Crippen molar-refractivity contribution < 1.29 is 14.3 Å². The molecule has 3 N–H and O–H groups in total. The minimum absolute atomic E-state index is 0.166. The lowest BCUT2D eigenvalue weighted by atomic mass is 10.1. The highest BCUT2D eigenvalue weighted by Gasteiger charge is 2.28. The number of hydrogen-bond acceptors (Lipinski definition) is 4. The average Bonchev–Trinajstić information content (AvgIpc) is 3.36. The number of benzene rings is 1. The number of amides is 1. The van der Waals surface area contributed by atoms with Crippen molar-refractivity contribution in [3.05, 3.63) is 78.1 Å². The summed E-state index contributed by atoms with van der Waals surface area (Å²) in [7, 11) is 0. The summed E-state index contributed by atoms with van der Waals surface area (Å²) >= 11 is 0. The van der Waals surface area contributed by atoms with Crippen LogP contribution in [0.15, 0.2) is 60.9 Å². The number of rotatable bonds is 5. The first-order valence-electron chi connectivity index (χ1n) is 10.2. The summed E-state index contributed by atoms with van der Waals surface area (Å²) in [6.07, 6.45) is 4.24. The Kier molecular flexibility index (Phi) is 4.90. The molecule has 0 saturated carbocycles. The third kappa shape index (κ3) is 3.53. The van der Waals surface area contributed by atoms with Gasteiger partial charge in [-0.2, -0.15) is 4.40 Å². The van der Waals surface area contributed by atoms with Gasteiger partial charge in [-0.1, -0.05) is 30.3 Å². The van der Waals surface area contributed by atoms with Crippen LogP contribution in [0, 0.1) is 0 Å². The maximum Gasteiger partial charge on any atom is 0.295 e. The second-order valence-electron chi connectivity index (χ2n) is 7.74. The Morgan fingerprint density at radius 1 is 1.23 bits per heavy atom. The first-order chi connectivity index (χ1) is 14.7. The van der Waals surface area contributed by atoms with Gasteiger partial charge in [0.2, 0.25) is 5.69 Å². The lowest BCUT2D eigenvalue weighted by molar-refractivity contribution is -0.522. The lowest BCUT2D eigenvalue weighted by Crippen LogP contribution is -2.31. The standard InChI is InChI=1S/C23H23N5O2/c29-17-9-12-27(14-17)15-21-26-22(20-7-3-4-11-28(20)21)23(30)25-13-19-18-6-2-1-5-16(18)8-10-24-19/h1-8,10-11,17,29H,9,12-15H2,(H,25,30)/p+1. The van der Waals surface area contributed by atoms with E-state index in [9.17, 15) is 9.90 Å². The van der Waals surface area contributed by atoms with Gasteiger partial charge in [0.1, 0.15) is 6.54 Å². The van der Waals surface area contributed by atoms with E-state index >= 15 is 0 Å². The van der Waals surface area contributed by atoms with Crippen LogP contribution in [0.5, 0.6) is 0 Å². The number of aromatic nitrogens is 3. The highest BCUT2D eigenvalue weighted by Crippen LogP contribution is 2.17. The Labute approximate surface area is 174 Å². The van der Waals surface area contributed by atoms with Crippen LogP contribution >= 0.6 is 0 Å². The second kappa shape index (κ2) is 7.85. The third-order valence-electron chi connectivity index (χ3n) is 5.70. The Morgan fingerprint density at radius 2 is 2.10 bits per heavy atom. The first-order valence-corrected chi connectivity index (χ1v) is 10.2. The van der Waals surface area contributed by atoms with Crippen molar-refractivity contribution >= 4 is 22.2 Å². The van der Waals surface area contributed by atoms with E-state index in [-0.39, 0.29) is 12.0 Å². The highest BCUT2D eigenvalue weighted by atomic mass is 16.3. The topological polar surface area (TPSA) is 85.3 Å². The van der Waals surface area contributed by atoms with E-state index in [1.54, 1.807) is 6.20 Å². The number of fused-ring (bicyclic) bond motifs is 2. The molecular weight excluding hydrogens is 378 g/mol. The summed E-state index contributed by atoms with van der Waals surface area (Å²) in [5.41, 5.74) is 2.21. The van der Waals surface area contributed by atoms with Crippen LogP contribution in [0.1, 0.15) is 28.4 Å². The van der Waals surface area contributed by atoms with Crippen molar-refractivity contribution in [1.82, 2.24) is 20.2 Å². The smallest absolute Gasteiger partial charge is 0.295 e. The number of carbonyl (C=O) groups is 1. The van der Waals surface area contributed by atoms with Crippen molar-refractivity contribution in [1.29, 1.82) is 0 Å². The molecule has 1 amide bonds. The van der Waals surface area contributed by atoms with E-state index in [0.717, 1.165) is 40.8 Å². The number of H-pyrrole nitrogens is 1. The van der Waals surface area contributed by atoms with E-state index in [1.165, 1.54) is 0 Å². The van der Waals surface area contributed by atoms with Crippen LogP contribution in [0.4, 0.5) is 0 Å². The summed E-state index contributed by atoms with van der Waals surface area (Å²) in [6.45, 7) is 2.51. The van der Waals surface area contributed by atoms with Gasteiger partial charge in [0.05, 0.1) is 24.5 Å². The monoisotopic (exact) mass is 402 g/mol. The van der Waals surface area contributed by atoms with E-state index in [4.69, 9.17) is 0 Å². The predicted molar refractivity (Wildman–Crippen MR) is 113 cm³/mol. The van der Waals surface area contributed by atoms with Gasteiger partial charge in [-0.3, -0.25) is 14.7 Å². The molecule has 3 aromatic heterocycles. The fraction of sp³-hybridized carbons (Fsp3) is 0.261. The maximum atomic E-state index is 13.0. The Balaban J connectivity index is 1.39. The fourth-order valence-electron chi connectivity index (χ4n) is 4.18. The number of hydrogen-bond donors (Lipinski definition) is 3. The molecule has 5 rings (SSSR count). The number of aromatic amines is 1. The van der Waals surface area contributed by atoms with Gasteiger partial charge in [0.25, 0.3) is 11.7 Å². The molecule has 30 heavy (non-hydrogen) atoms. The zero-order chi connectivity index (χ0) is 20.5. The molecule has 7 heteroatoms. The molecule has 0 spiro atoms. The molecule has 1 unspecified atom stereocenters. The Bertz CT molecular complexity index is 1210. The third-order valence-corrected chi connectivity index (χ3v) is 5.70. The van der Waals surface area contributed by atoms with Gasteiger partial charge in [-0.25, -0.2) is 4.98 Å². The summed E-state index contributed by atoms with van der Waals surface area (Å²) in [5.74, 6) is 0.759. The number of pyridine rings is 2. The number of aliphatic hydroxyl groups is 1.